The van der Waals surface area contributed by atoms with Crippen molar-refractivity contribution in [2.75, 3.05) is 26.8 Å². The van der Waals surface area contributed by atoms with Gasteiger partial charge in [0, 0.05) is 18.7 Å². The summed E-state index contributed by atoms with van der Waals surface area (Å²) in [6.45, 7) is 7.36. The zero-order valence-corrected chi connectivity index (χ0v) is 14.5. The summed E-state index contributed by atoms with van der Waals surface area (Å²) in [7, 11) is 1.75. The fraction of sp³-hybridized carbons (Fsp3) is 0.667. The molecule has 1 rings (SSSR count). The third kappa shape index (κ3) is 9.13. The number of benzene rings is 1. The summed E-state index contributed by atoms with van der Waals surface area (Å²) in [6, 6.07) is 8.26. The van der Waals surface area contributed by atoms with Gasteiger partial charge in [-0.15, -0.1) is 0 Å². The van der Waals surface area contributed by atoms with Crippen LogP contribution < -0.4 is 5.32 Å². The number of methoxy groups -OCH3 is 1. The first-order chi connectivity index (χ1) is 10.1. The number of nitrogens with one attached hydrogen (secondary N) is 1. The average molecular weight is 312 g/mol. The lowest BCUT2D eigenvalue weighted by Gasteiger charge is -2.18. The van der Waals surface area contributed by atoms with Crippen molar-refractivity contribution in [3.8, 4) is 0 Å². The molecule has 1 N–H and O–H groups in total. The Balaban J connectivity index is 2.43. The lowest BCUT2D eigenvalue weighted by molar-refractivity contribution is 0.197. The molecule has 2 nitrogen and oxygen atoms in total. The van der Waals surface area contributed by atoms with E-state index in [2.05, 4.69) is 31.3 Å². The molecule has 0 aliphatic rings. The van der Waals surface area contributed by atoms with Gasteiger partial charge in [-0.25, -0.2) is 0 Å². The predicted octanol–water partition coefficient (Wildman–Crippen LogP) is 4.56. The summed E-state index contributed by atoms with van der Waals surface area (Å²) < 4.78 is 5.09. The van der Waals surface area contributed by atoms with Gasteiger partial charge >= 0.3 is 0 Å². The van der Waals surface area contributed by atoms with Crippen LogP contribution in [0.3, 0.4) is 0 Å². The van der Waals surface area contributed by atoms with Crippen LogP contribution >= 0.6 is 11.6 Å². The Labute approximate surface area is 135 Å². The largest absolute Gasteiger partial charge is 0.383 e. The highest BCUT2D eigenvalue weighted by Gasteiger charge is 2.10. The van der Waals surface area contributed by atoms with Gasteiger partial charge in [-0.1, -0.05) is 50.4 Å². The minimum atomic E-state index is 0.682. The van der Waals surface area contributed by atoms with Crippen molar-refractivity contribution in [2.24, 2.45) is 11.8 Å². The normalized spacial score (nSPS) is 12.8. The van der Waals surface area contributed by atoms with Crippen LogP contribution in [0.25, 0.3) is 0 Å². The molecule has 3 heteroatoms. The van der Waals surface area contributed by atoms with E-state index < -0.39 is 0 Å². The molecule has 1 unspecified atom stereocenters. The van der Waals surface area contributed by atoms with Crippen LogP contribution in [0.1, 0.15) is 38.7 Å². The molecule has 0 saturated carbocycles. The Morgan fingerprint density at radius 3 is 2.48 bits per heavy atom. The van der Waals surface area contributed by atoms with E-state index in [0.29, 0.717) is 5.92 Å². The fourth-order valence-electron chi connectivity index (χ4n) is 2.53. The molecular formula is C18H30ClNO. The van der Waals surface area contributed by atoms with E-state index in [0.717, 1.165) is 37.1 Å². The van der Waals surface area contributed by atoms with Crippen LogP contribution in [0.4, 0.5) is 0 Å². The molecule has 1 atom stereocenters. The smallest absolute Gasteiger partial charge is 0.0587 e. The van der Waals surface area contributed by atoms with Gasteiger partial charge in [-0.3, -0.25) is 0 Å². The van der Waals surface area contributed by atoms with Crippen molar-refractivity contribution in [1.82, 2.24) is 5.32 Å². The van der Waals surface area contributed by atoms with Crippen LogP contribution in [-0.2, 0) is 11.2 Å². The molecule has 0 fully saturated rings. The van der Waals surface area contributed by atoms with E-state index in [9.17, 15) is 0 Å². The standard InChI is InChI=1S/C18H30ClNO/c1-15(2)5-4-6-17(14-20-11-12-21-3)13-16-7-9-18(19)10-8-16/h7-10,15,17,20H,4-6,11-14H2,1-3H3. The van der Waals surface area contributed by atoms with Gasteiger partial charge in [0.05, 0.1) is 6.61 Å². The first-order valence-corrected chi connectivity index (χ1v) is 8.43. The molecule has 0 heterocycles. The Morgan fingerprint density at radius 1 is 1.14 bits per heavy atom. The van der Waals surface area contributed by atoms with Crippen LogP contribution in [0.5, 0.6) is 0 Å². The number of hydrogen-bond donors (Lipinski definition) is 1. The van der Waals surface area contributed by atoms with Crippen molar-refractivity contribution in [3.05, 3.63) is 34.9 Å². The second kappa shape index (κ2) is 11.1. The minimum Gasteiger partial charge on any atom is -0.383 e. The number of halogens is 1. The highest BCUT2D eigenvalue weighted by atomic mass is 35.5. The zero-order chi connectivity index (χ0) is 15.5. The molecule has 120 valence electrons. The van der Waals surface area contributed by atoms with Gasteiger partial charge in [-0.2, -0.15) is 0 Å². The predicted molar refractivity (Wildman–Crippen MR) is 92.1 cm³/mol. The highest BCUT2D eigenvalue weighted by molar-refractivity contribution is 6.30. The third-order valence-corrected chi connectivity index (χ3v) is 4.00. The number of ether oxygens (including phenoxy) is 1. The zero-order valence-electron chi connectivity index (χ0n) is 13.7. The van der Waals surface area contributed by atoms with Crippen LogP contribution in [0.15, 0.2) is 24.3 Å². The summed E-state index contributed by atoms with van der Waals surface area (Å²) >= 11 is 5.96. The first kappa shape index (κ1) is 18.5. The average Bonchev–Trinajstić information content (AvgIpc) is 2.45. The Morgan fingerprint density at radius 2 is 1.86 bits per heavy atom. The van der Waals surface area contributed by atoms with E-state index in [1.807, 2.05) is 12.1 Å². The second-order valence-corrected chi connectivity index (χ2v) is 6.65. The molecule has 1 aromatic rings. The maximum atomic E-state index is 5.96. The van der Waals surface area contributed by atoms with Gasteiger partial charge in [0.25, 0.3) is 0 Å². The molecule has 21 heavy (non-hydrogen) atoms. The van der Waals surface area contributed by atoms with Crippen molar-refractivity contribution >= 4 is 11.6 Å². The van der Waals surface area contributed by atoms with E-state index >= 15 is 0 Å². The van der Waals surface area contributed by atoms with Crippen LogP contribution in [-0.4, -0.2) is 26.8 Å². The Bertz CT molecular complexity index is 364. The molecule has 0 aliphatic heterocycles. The van der Waals surface area contributed by atoms with Gasteiger partial charge in [0.1, 0.15) is 0 Å². The molecule has 0 saturated heterocycles. The van der Waals surface area contributed by atoms with Crippen molar-refractivity contribution in [2.45, 2.75) is 39.5 Å². The Hall–Kier alpha value is -0.570. The molecule has 0 aromatic heterocycles. The molecular weight excluding hydrogens is 282 g/mol. The monoisotopic (exact) mass is 311 g/mol. The summed E-state index contributed by atoms with van der Waals surface area (Å²) in [5.74, 6) is 1.48. The summed E-state index contributed by atoms with van der Waals surface area (Å²) in [5.41, 5.74) is 1.38. The van der Waals surface area contributed by atoms with Gasteiger partial charge in [-0.05, 0) is 48.9 Å². The summed E-state index contributed by atoms with van der Waals surface area (Å²) in [4.78, 5) is 0. The highest BCUT2D eigenvalue weighted by Crippen LogP contribution is 2.18. The molecule has 1 aromatic carbocycles. The van der Waals surface area contributed by atoms with Crippen molar-refractivity contribution in [1.29, 1.82) is 0 Å². The third-order valence-electron chi connectivity index (χ3n) is 3.75. The van der Waals surface area contributed by atoms with E-state index in [-0.39, 0.29) is 0 Å². The lowest BCUT2D eigenvalue weighted by atomic mass is 9.92. The molecule has 0 amide bonds. The molecule has 0 bridgehead atoms. The quantitative estimate of drug-likeness (QED) is 0.605. The van der Waals surface area contributed by atoms with Crippen molar-refractivity contribution in [3.63, 3.8) is 0 Å². The van der Waals surface area contributed by atoms with Crippen LogP contribution in [0, 0.1) is 11.8 Å². The molecule has 0 spiro atoms. The second-order valence-electron chi connectivity index (χ2n) is 6.22. The van der Waals surface area contributed by atoms with E-state index in [1.165, 1.54) is 24.8 Å². The van der Waals surface area contributed by atoms with E-state index in [4.69, 9.17) is 16.3 Å². The maximum Gasteiger partial charge on any atom is 0.0587 e. The fourth-order valence-corrected chi connectivity index (χ4v) is 2.65. The molecule has 0 aliphatic carbocycles. The topological polar surface area (TPSA) is 21.3 Å². The van der Waals surface area contributed by atoms with Crippen LogP contribution in [0.2, 0.25) is 5.02 Å². The summed E-state index contributed by atoms with van der Waals surface area (Å²) in [6.07, 6.45) is 5.02. The van der Waals surface area contributed by atoms with Gasteiger partial charge < -0.3 is 10.1 Å². The van der Waals surface area contributed by atoms with Gasteiger partial charge in [0.15, 0.2) is 0 Å². The maximum absolute atomic E-state index is 5.96. The number of hydrogen-bond acceptors (Lipinski definition) is 2. The lowest BCUT2D eigenvalue weighted by Crippen LogP contribution is -2.27. The Kier molecular flexibility index (Phi) is 9.73. The molecule has 0 radical (unpaired) electrons. The number of rotatable bonds is 11. The van der Waals surface area contributed by atoms with E-state index in [1.54, 1.807) is 7.11 Å². The first-order valence-electron chi connectivity index (χ1n) is 8.06. The SMILES string of the molecule is COCCNCC(CCCC(C)C)Cc1ccc(Cl)cc1. The van der Waals surface area contributed by atoms with Crippen molar-refractivity contribution < 1.29 is 4.74 Å². The minimum absolute atomic E-state index is 0.682. The summed E-state index contributed by atoms with van der Waals surface area (Å²) in [5, 5.41) is 4.32. The van der Waals surface area contributed by atoms with Gasteiger partial charge in [0.2, 0.25) is 0 Å².